The molecule has 40 heavy (non-hydrogen) atoms. The Bertz CT molecular complexity index is 1390. The van der Waals surface area contributed by atoms with Gasteiger partial charge in [0.2, 0.25) is 0 Å². The smallest absolute Gasteiger partial charge is 0.338 e. The molecule has 5 rings (SSSR count). The average Bonchev–Trinajstić information content (AvgIpc) is 3.23. The predicted molar refractivity (Wildman–Crippen MR) is 146 cm³/mol. The highest BCUT2D eigenvalue weighted by Crippen LogP contribution is 2.56. The van der Waals surface area contributed by atoms with Crippen molar-refractivity contribution in [1.82, 2.24) is 0 Å². The highest BCUT2D eigenvalue weighted by Gasteiger charge is 2.46. The Morgan fingerprint density at radius 3 is 2.58 bits per heavy atom. The second-order valence-corrected chi connectivity index (χ2v) is 10.4. The fraction of sp³-hybridized carbons (Fsp3) is 0.387. The molecule has 3 aromatic rings. The molecule has 0 amide bonds. The van der Waals surface area contributed by atoms with Crippen LogP contribution in [0.5, 0.6) is 11.5 Å². The molecule has 3 aromatic carbocycles. The van der Waals surface area contributed by atoms with Crippen LogP contribution in [0.1, 0.15) is 60.5 Å². The third-order valence-electron chi connectivity index (χ3n) is 7.69. The molecule has 0 bridgehead atoms. The van der Waals surface area contributed by atoms with E-state index in [1.54, 1.807) is 0 Å². The Morgan fingerprint density at radius 2 is 1.88 bits per heavy atom. The number of benzene rings is 3. The highest BCUT2D eigenvalue weighted by molar-refractivity contribution is 6.34. The maximum Gasteiger partial charge on any atom is 0.338 e. The van der Waals surface area contributed by atoms with Gasteiger partial charge in [0.05, 0.1) is 24.3 Å². The van der Waals surface area contributed by atoms with Crippen molar-refractivity contribution in [1.29, 1.82) is 0 Å². The average molecular weight is 573 g/mol. The molecular weight excluding hydrogens is 542 g/mol. The first kappa shape index (κ1) is 28.3. The van der Waals surface area contributed by atoms with E-state index in [9.17, 15) is 4.79 Å². The van der Waals surface area contributed by atoms with E-state index in [2.05, 4.69) is 0 Å². The maximum atomic E-state index is 16.3. The minimum absolute atomic E-state index is 0.0269. The van der Waals surface area contributed by atoms with E-state index >= 15 is 8.78 Å². The molecule has 0 saturated carbocycles. The summed E-state index contributed by atoms with van der Waals surface area (Å²) in [6.45, 7) is 4.64. The summed E-state index contributed by atoms with van der Waals surface area (Å²) in [5.41, 5.74) is 0.137. The normalized spacial score (nSPS) is 21.9. The van der Waals surface area contributed by atoms with Crippen molar-refractivity contribution >= 4 is 17.6 Å². The van der Waals surface area contributed by atoms with Gasteiger partial charge in [-0.25, -0.2) is 13.6 Å². The quantitative estimate of drug-likeness (QED) is 0.207. The molecule has 2 aliphatic rings. The van der Waals surface area contributed by atoms with E-state index in [-0.39, 0.29) is 52.7 Å². The fourth-order valence-corrected chi connectivity index (χ4v) is 5.66. The van der Waals surface area contributed by atoms with Gasteiger partial charge in [0.1, 0.15) is 23.8 Å². The van der Waals surface area contributed by atoms with Crippen LogP contribution >= 0.6 is 11.6 Å². The lowest BCUT2D eigenvalue weighted by Gasteiger charge is -2.29. The number of hydrogen-bond acceptors (Lipinski definition) is 6. The Morgan fingerprint density at radius 1 is 1.10 bits per heavy atom. The number of ether oxygens (including phenoxy) is 5. The van der Waals surface area contributed by atoms with Crippen LogP contribution < -0.4 is 9.47 Å². The Hall–Kier alpha value is -3.20. The van der Waals surface area contributed by atoms with E-state index in [0.717, 1.165) is 24.8 Å². The van der Waals surface area contributed by atoms with Crippen LogP contribution in [-0.4, -0.2) is 39.2 Å². The summed E-state index contributed by atoms with van der Waals surface area (Å²) in [7, 11) is 1.19. The van der Waals surface area contributed by atoms with E-state index in [4.69, 9.17) is 35.3 Å². The second kappa shape index (κ2) is 11.7. The summed E-state index contributed by atoms with van der Waals surface area (Å²) in [6.07, 6.45) is 2.49. The summed E-state index contributed by atoms with van der Waals surface area (Å²) in [6, 6.07) is 13.4. The van der Waals surface area contributed by atoms with E-state index in [1.807, 2.05) is 44.2 Å². The van der Waals surface area contributed by atoms with Crippen molar-refractivity contribution in [2.75, 3.05) is 26.9 Å². The molecule has 3 atom stereocenters. The summed E-state index contributed by atoms with van der Waals surface area (Å²) in [4.78, 5) is 12.8. The molecule has 9 heteroatoms. The molecule has 1 saturated heterocycles. The van der Waals surface area contributed by atoms with Crippen molar-refractivity contribution in [2.45, 2.75) is 50.9 Å². The monoisotopic (exact) mass is 572 g/mol. The molecule has 0 spiro atoms. The van der Waals surface area contributed by atoms with Crippen LogP contribution in [-0.2, 0) is 19.8 Å². The Balaban J connectivity index is 1.55. The summed E-state index contributed by atoms with van der Waals surface area (Å²) in [5.74, 6) is -2.78. The number of fused-ring (bicyclic) bond motifs is 1. The number of methoxy groups -OCH3 is 1. The zero-order chi connectivity index (χ0) is 28.4. The van der Waals surface area contributed by atoms with Gasteiger partial charge < -0.3 is 23.7 Å². The zero-order valence-electron chi connectivity index (χ0n) is 22.6. The molecule has 2 aliphatic heterocycles. The second-order valence-electron chi connectivity index (χ2n) is 10.1. The Labute approximate surface area is 237 Å². The van der Waals surface area contributed by atoms with Crippen LogP contribution in [0.4, 0.5) is 8.78 Å². The predicted octanol–water partition coefficient (Wildman–Crippen LogP) is 7.41. The third-order valence-corrected chi connectivity index (χ3v) is 8.06. The van der Waals surface area contributed by atoms with E-state index < -0.39 is 29.1 Å². The number of hydrogen-bond donors (Lipinski definition) is 0. The number of halogens is 3. The standard InChI is InChI=1S/C31H31ClF2O6/c1-18-25-23(40-31(18,2)19-9-5-4-6-10-19)17-21(33)28(32)27(25)26-20(30(35)36-3)12-13-22(29(26)34)37-15-16-39-24-11-7-8-14-38-24/h4-6,9-10,12-13,17-18,24H,7-8,11,14-16H2,1-3H3/t18-,24?,31-/m0/s1. The van der Waals surface area contributed by atoms with Gasteiger partial charge in [0.15, 0.2) is 17.9 Å². The van der Waals surface area contributed by atoms with Crippen LogP contribution in [0.2, 0.25) is 5.02 Å². The van der Waals surface area contributed by atoms with E-state index in [0.29, 0.717) is 12.2 Å². The van der Waals surface area contributed by atoms with Gasteiger partial charge in [-0.15, -0.1) is 0 Å². The highest BCUT2D eigenvalue weighted by atomic mass is 35.5. The topological polar surface area (TPSA) is 63.2 Å². The first-order chi connectivity index (χ1) is 19.3. The lowest BCUT2D eigenvalue weighted by Crippen LogP contribution is -2.30. The molecule has 1 unspecified atom stereocenters. The van der Waals surface area contributed by atoms with Crippen molar-refractivity contribution in [2.24, 2.45) is 0 Å². The van der Waals surface area contributed by atoms with Gasteiger partial charge in [-0.1, -0.05) is 48.9 Å². The van der Waals surface area contributed by atoms with Gasteiger partial charge in [-0.05, 0) is 43.9 Å². The summed E-state index contributed by atoms with van der Waals surface area (Å²) < 4.78 is 59.8. The number of carbonyl (C=O) groups excluding carboxylic acids is 1. The molecule has 6 nitrogen and oxygen atoms in total. The largest absolute Gasteiger partial charge is 0.488 e. The fourth-order valence-electron chi connectivity index (χ4n) is 5.41. The van der Waals surface area contributed by atoms with Gasteiger partial charge in [-0.3, -0.25) is 0 Å². The van der Waals surface area contributed by atoms with Crippen LogP contribution in [0.15, 0.2) is 48.5 Å². The van der Waals surface area contributed by atoms with Crippen molar-refractivity contribution in [3.8, 4) is 22.6 Å². The molecular formula is C31H31ClF2O6. The lowest BCUT2D eigenvalue weighted by molar-refractivity contribution is -0.165. The first-order valence-electron chi connectivity index (χ1n) is 13.3. The maximum absolute atomic E-state index is 16.3. The summed E-state index contributed by atoms with van der Waals surface area (Å²) >= 11 is 6.55. The minimum Gasteiger partial charge on any atom is -0.488 e. The van der Waals surface area contributed by atoms with E-state index in [1.165, 1.54) is 25.3 Å². The summed E-state index contributed by atoms with van der Waals surface area (Å²) in [5, 5.41) is -0.328. The lowest BCUT2D eigenvalue weighted by atomic mass is 9.79. The van der Waals surface area contributed by atoms with Crippen LogP contribution in [0, 0.1) is 11.6 Å². The third kappa shape index (κ3) is 5.16. The molecule has 0 radical (unpaired) electrons. The van der Waals surface area contributed by atoms with Crippen molar-refractivity contribution < 1.29 is 37.3 Å². The van der Waals surface area contributed by atoms with Gasteiger partial charge in [-0.2, -0.15) is 0 Å². The number of esters is 1. The zero-order valence-corrected chi connectivity index (χ0v) is 23.4. The Kier molecular flexibility index (Phi) is 8.31. The van der Waals surface area contributed by atoms with Crippen LogP contribution in [0.25, 0.3) is 11.1 Å². The van der Waals surface area contributed by atoms with Gasteiger partial charge in [0.25, 0.3) is 0 Å². The van der Waals surface area contributed by atoms with Crippen molar-refractivity contribution in [3.05, 3.63) is 81.9 Å². The molecule has 0 aromatic heterocycles. The van der Waals surface area contributed by atoms with Gasteiger partial charge >= 0.3 is 5.97 Å². The van der Waals surface area contributed by atoms with Gasteiger partial charge in [0, 0.05) is 35.3 Å². The van der Waals surface area contributed by atoms with Crippen LogP contribution in [0.3, 0.4) is 0 Å². The minimum atomic E-state index is -0.899. The first-order valence-corrected chi connectivity index (χ1v) is 13.7. The molecule has 2 heterocycles. The van der Waals surface area contributed by atoms with Crippen molar-refractivity contribution in [3.63, 3.8) is 0 Å². The molecule has 212 valence electrons. The molecule has 1 fully saturated rings. The molecule has 0 aliphatic carbocycles. The SMILES string of the molecule is COC(=O)c1ccc(OCCOC2CCCCO2)c(F)c1-c1c(Cl)c(F)cc2c1[C@H](C)[C@@](C)(c1ccccc1)O2. The number of rotatable bonds is 8. The number of carbonyl (C=O) groups is 1. The molecule has 0 N–H and O–H groups in total.